The lowest BCUT2D eigenvalue weighted by Crippen LogP contribution is -2.54. The molecular formula is C15H20Cl2N4OS. The molecule has 1 fully saturated rings. The molecule has 0 radical (unpaired) electrons. The van der Waals surface area contributed by atoms with Gasteiger partial charge in [0.05, 0.1) is 4.34 Å². The number of amides is 1. The Morgan fingerprint density at radius 2 is 2.22 bits per heavy atom. The van der Waals surface area contributed by atoms with Gasteiger partial charge in [0, 0.05) is 23.8 Å². The van der Waals surface area contributed by atoms with Crippen molar-refractivity contribution in [1.29, 1.82) is 0 Å². The third-order valence-corrected chi connectivity index (χ3v) is 5.37. The molecule has 0 spiro atoms. The fourth-order valence-corrected chi connectivity index (χ4v) is 3.96. The summed E-state index contributed by atoms with van der Waals surface area (Å²) < 4.78 is 2.60. The van der Waals surface area contributed by atoms with Gasteiger partial charge in [-0.15, -0.1) is 23.7 Å². The van der Waals surface area contributed by atoms with Crippen LogP contribution in [0.3, 0.4) is 0 Å². The summed E-state index contributed by atoms with van der Waals surface area (Å²) in [6, 6.07) is 5.76. The second kappa shape index (κ2) is 8.15. The summed E-state index contributed by atoms with van der Waals surface area (Å²) in [5.41, 5.74) is -0.568. The van der Waals surface area contributed by atoms with Gasteiger partial charge in [0.2, 0.25) is 5.91 Å². The van der Waals surface area contributed by atoms with Gasteiger partial charge < -0.3 is 10.6 Å². The van der Waals surface area contributed by atoms with Gasteiger partial charge in [-0.05, 0) is 50.6 Å². The predicted molar refractivity (Wildman–Crippen MR) is 95.6 cm³/mol. The van der Waals surface area contributed by atoms with Crippen LogP contribution in [-0.2, 0) is 16.8 Å². The molecule has 2 N–H and O–H groups in total. The Morgan fingerprint density at radius 3 is 2.83 bits per heavy atom. The smallest absolute Gasteiger partial charge is 0.248 e. The highest BCUT2D eigenvalue weighted by Gasteiger charge is 2.41. The van der Waals surface area contributed by atoms with Crippen LogP contribution in [0, 0.1) is 0 Å². The van der Waals surface area contributed by atoms with Crippen LogP contribution in [-0.4, -0.2) is 35.3 Å². The molecule has 1 aliphatic rings. The second-order valence-electron chi connectivity index (χ2n) is 5.44. The van der Waals surface area contributed by atoms with E-state index in [2.05, 4.69) is 15.7 Å². The van der Waals surface area contributed by atoms with Crippen LogP contribution in [0.4, 0.5) is 0 Å². The number of nitrogens with zero attached hydrogens (tertiary/aromatic N) is 2. The first kappa shape index (κ1) is 18.3. The quantitative estimate of drug-likeness (QED) is 0.844. The molecule has 0 saturated carbocycles. The van der Waals surface area contributed by atoms with Crippen molar-refractivity contribution in [2.45, 2.75) is 24.8 Å². The molecule has 1 aliphatic heterocycles. The normalized spacial score (nSPS) is 16.6. The van der Waals surface area contributed by atoms with Crippen LogP contribution in [0.15, 0.2) is 30.6 Å². The zero-order chi connectivity index (χ0) is 15.4. The summed E-state index contributed by atoms with van der Waals surface area (Å²) in [6.45, 7) is 2.27. The van der Waals surface area contributed by atoms with Crippen LogP contribution in [0.2, 0.25) is 4.34 Å². The summed E-state index contributed by atoms with van der Waals surface area (Å²) in [5, 5.41) is 10.7. The van der Waals surface area contributed by atoms with Crippen molar-refractivity contribution < 1.29 is 4.79 Å². The van der Waals surface area contributed by atoms with Crippen molar-refractivity contribution in [1.82, 2.24) is 20.4 Å². The van der Waals surface area contributed by atoms with Crippen LogP contribution in [0.5, 0.6) is 0 Å². The molecule has 126 valence electrons. The second-order valence-corrected chi connectivity index (χ2v) is 7.24. The third kappa shape index (κ3) is 4.07. The first-order chi connectivity index (χ1) is 10.7. The molecular weight excluding hydrogens is 355 g/mol. The van der Waals surface area contributed by atoms with Gasteiger partial charge in [0.25, 0.3) is 0 Å². The van der Waals surface area contributed by atoms with E-state index in [1.165, 1.54) is 4.88 Å². The summed E-state index contributed by atoms with van der Waals surface area (Å²) >= 11 is 7.48. The molecule has 3 heterocycles. The lowest BCUT2D eigenvalue weighted by Gasteiger charge is -2.36. The van der Waals surface area contributed by atoms with Gasteiger partial charge in [-0.2, -0.15) is 5.10 Å². The Hall–Kier alpha value is -1.08. The molecule has 1 saturated heterocycles. The Balaban J connectivity index is 0.00000192. The monoisotopic (exact) mass is 374 g/mol. The maximum absolute atomic E-state index is 12.8. The van der Waals surface area contributed by atoms with Crippen LogP contribution in [0.25, 0.3) is 0 Å². The molecule has 2 aromatic rings. The van der Waals surface area contributed by atoms with Crippen molar-refractivity contribution in [2.24, 2.45) is 0 Å². The standard InChI is InChI=1S/C15H19ClN4OS.ClH/c16-13-3-2-12(22-13)4-8-18-14(21)15(5-9-17-10-6-15)20-11-1-7-19-20;/h1-3,7,11,17H,4-6,8-10H2,(H,18,21);1H. The van der Waals surface area contributed by atoms with E-state index in [4.69, 9.17) is 11.6 Å². The van der Waals surface area contributed by atoms with E-state index in [0.29, 0.717) is 6.54 Å². The highest BCUT2D eigenvalue weighted by Crippen LogP contribution is 2.27. The summed E-state index contributed by atoms with van der Waals surface area (Å²) in [4.78, 5) is 14.0. The van der Waals surface area contributed by atoms with E-state index in [0.717, 1.165) is 36.7 Å². The van der Waals surface area contributed by atoms with E-state index >= 15 is 0 Å². The van der Waals surface area contributed by atoms with Crippen LogP contribution < -0.4 is 10.6 Å². The van der Waals surface area contributed by atoms with E-state index < -0.39 is 5.54 Å². The first-order valence-electron chi connectivity index (χ1n) is 7.44. The first-order valence-corrected chi connectivity index (χ1v) is 8.63. The van der Waals surface area contributed by atoms with E-state index in [1.54, 1.807) is 17.5 Å². The van der Waals surface area contributed by atoms with Gasteiger partial charge in [-0.3, -0.25) is 9.48 Å². The molecule has 0 atom stereocenters. The minimum atomic E-state index is -0.568. The molecule has 3 rings (SSSR count). The number of hydrogen-bond acceptors (Lipinski definition) is 4. The van der Waals surface area contributed by atoms with E-state index in [9.17, 15) is 4.79 Å². The fraction of sp³-hybridized carbons (Fsp3) is 0.467. The number of halogens is 2. The Labute approximate surface area is 150 Å². The van der Waals surface area contributed by atoms with Crippen LogP contribution in [0.1, 0.15) is 17.7 Å². The largest absolute Gasteiger partial charge is 0.354 e. The lowest BCUT2D eigenvalue weighted by atomic mass is 9.87. The van der Waals surface area contributed by atoms with Gasteiger partial charge in [0.15, 0.2) is 0 Å². The molecule has 0 aliphatic carbocycles. The highest BCUT2D eigenvalue weighted by molar-refractivity contribution is 7.16. The molecule has 0 unspecified atom stereocenters. The van der Waals surface area contributed by atoms with Gasteiger partial charge in [-0.25, -0.2) is 0 Å². The molecule has 5 nitrogen and oxygen atoms in total. The molecule has 2 aromatic heterocycles. The van der Waals surface area contributed by atoms with Gasteiger partial charge in [0.1, 0.15) is 5.54 Å². The number of thiophene rings is 1. The van der Waals surface area contributed by atoms with Crippen LogP contribution >= 0.6 is 35.3 Å². The van der Waals surface area contributed by atoms with E-state index in [-0.39, 0.29) is 18.3 Å². The van der Waals surface area contributed by atoms with Crippen molar-refractivity contribution in [3.05, 3.63) is 39.8 Å². The molecule has 0 aromatic carbocycles. The zero-order valence-corrected chi connectivity index (χ0v) is 15.0. The molecule has 23 heavy (non-hydrogen) atoms. The summed E-state index contributed by atoms with van der Waals surface area (Å²) in [5.74, 6) is 0.0559. The summed E-state index contributed by atoms with van der Waals surface area (Å²) in [6.07, 6.45) is 5.92. The Kier molecular flexibility index (Phi) is 6.47. The maximum atomic E-state index is 12.8. The third-order valence-electron chi connectivity index (χ3n) is 4.08. The maximum Gasteiger partial charge on any atom is 0.248 e. The van der Waals surface area contributed by atoms with E-state index in [1.807, 2.05) is 29.1 Å². The lowest BCUT2D eigenvalue weighted by molar-refractivity contribution is -0.131. The van der Waals surface area contributed by atoms with Crippen molar-refractivity contribution in [2.75, 3.05) is 19.6 Å². The average Bonchev–Trinajstić information content (AvgIpc) is 3.20. The SMILES string of the molecule is Cl.O=C(NCCc1ccc(Cl)s1)C1(n2cccn2)CCNCC1. The van der Waals surface area contributed by atoms with Gasteiger partial charge >= 0.3 is 0 Å². The summed E-state index contributed by atoms with van der Waals surface area (Å²) in [7, 11) is 0. The topological polar surface area (TPSA) is 59.0 Å². The van der Waals surface area contributed by atoms with Crippen molar-refractivity contribution in [3.63, 3.8) is 0 Å². The average molecular weight is 375 g/mol. The number of carbonyl (C=O) groups is 1. The number of hydrogen-bond donors (Lipinski definition) is 2. The predicted octanol–water partition coefficient (Wildman–Crippen LogP) is 2.46. The Morgan fingerprint density at radius 1 is 1.43 bits per heavy atom. The van der Waals surface area contributed by atoms with Crippen molar-refractivity contribution in [3.8, 4) is 0 Å². The fourth-order valence-electron chi connectivity index (χ4n) is 2.87. The Bertz CT molecular complexity index is 623. The van der Waals surface area contributed by atoms with Gasteiger partial charge in [-0.1, -0.05) is 11.6 Å². The minimum absolute atomic E-state index is 0. The minimum Gasteiger partial charge on any atom is -0.354 e. The number of rotatable bonds is 5. The van der Waals surface area contributed by atoms with Crippen molar-refractivity contribution >= 4 is 41.3 Å². The zero-order valence-electron chi connectivity index (χ0n) is 12.6. The molecule has 1 amide bonds. The molecule has 0 bridgehead atoms. The number of piperidine rings is 1. The highest BCUT2D eigenvalue weighted by atomic mass is 35.5. The number of aromatic nitrogens is 2. The number of carbonyl (C=O) groups excluding carboxylic acids is 1. The number of nitrogens with one attached hydrogen (secondary N) is 2. The molecule has 8 heteroatoms.